The normalized spacial score (nSPS) is 16.7. The first-order valence-electron chi connectivity index (χ1n) is 5.63. The van der Waals surface area contributed by atoms with E-state index in [1.807, 2.05) is 0 Å². The molecule has 92 valence electrons. The van der Waals surface area contributed by atoms with E-state index >= 15 is 0 Å². The van der Waals surface area contributed by atoms with Gasteiger partial charge in [0.05, 0.1) is 0 Å². The Morgan fingerprint density at radius 3 is 2.88 bits per heavy atom. The number of amides is 1. The van der Waals surface area contributed by atoms with Gasteiger partial charge in [-0.1, -0.05) is 15.9 Å². The number of rotatable bonds is 1. The summed E-state index contributed by atoms with van der Waals surface area (Å²) >= 11 is 3.20. The van der Waals surface area contributed by atoms with Crippen molar-refractivity contribution in [2.75, 3.05) is 26.2 Å². The molecule has 1 fully saturated rings. The lowest BCUT2D eigenvalue weighted by molar-refractivity contribution is 0.0766. The van der Waals surface area contributed by atoms with Crippen LogP contribution in [0.15, 0.2) is 22.7 Å². The Hall–Kier alpha value is -0.940. The maximum Gasteiger partial charge on any atom is 0.254 e. The predicted octanol–water partition coefficient (Wildman–Crippen LogP) is 2.02. The van der Waals surface area contributed by atoms with Crippen molar-refractivity contribution in [1.29, 1.82) is 0 Å². The standard InChI is InChI=1S/C12H14BrFN2O/c13-10-6-9(7-11(14)8-10)12(17)16-4-1-2-15-3-5-16/h6-8,15H,1-5H2. The number of halogens is 2. The third-order valence-electron chi connectivity index (χ3n) is 2.74. The quantitative estimate of drug-likeness (QED) is 0.861. The highest BCUT2D eigenvalue weighted by Gasteiger charge is 2.17. The molecule has 2 rings (SSSR count). The first kappa shape index (κ1) is 12.5. The van der Waals surface area contributed by atoms with Gasteiger partial charge in [0, 0.05) is 29.7 Å². The van der Waals surface area contributed by atoms with E-state index in [1.54, 1.807) is 11.0 Å². The number of carbonyl (C=O) groups is 1. The fraction of sp³-hybridized carbons (Fsp3) is 0.417. The van der Waals surface area contributed by atoms with Crippen LogP contribution in [0.5, 0.6) is 0 Å². The molecule has 1 aliphatic rings. The Morgan fingerprint density at radius 2 is 2.12 bits per heavy atom. The number of nitrogens with zero attached hydrogens (tertiary/aromatic N) is 1. The second-order valence-corrected chi connectivity index (χ2v) is 4.97. The molecular weight excluding hydrogens is 287 g/mol. The van der Waals surface area contributed by atoms with E-state index < -0.39 is 5.82 Å². The number of benzene rings is 1. The molecule has 3 nitrogen and oxygen atoms in total. The molecule has 1 amide bonds. The third-order valence-corrected chi connectivity index (χ3v) is 3.19. The lowest BCUT2D eigenvalue weighted by Crippen LogP contribution is -2.34. The van der Waals surface area contributed by atoms with E-state index in [1.165, 1.54) is 12.1 Å². The minimum Gasteiger partial charge on any atom is -0.337 e. The molecule has 0 aromatic heterocycles. The zero-order valence-corrected chi connectivity index (χ0v) is 11.0. The Bertz CT molecular complexity index is 397. The second kappa shape index (κ2) is 5.60. The summed E-state index contributed by atoms with van der Waals surface area (Å²) in [6.07, 6.45) is 0.933. The van der Waals surface area contributed by atoms with E-state index in [2.05, 4.69) is 21.2 Å². The van der Waals surface area contributed by atoms with Crippen molar-refractivity contribution >= 4 is 21.8 Å². The largest absolute Gasteiger partial charge is 0.337 e. The molecule has 5 heteroatoms. The molecule has 1 heterocycles. The Labute approximate surface area is 108 Å². The van der Waals surface area contributed by atoms with Crippen molar-refractivity contribution < 1.29 is 9.18 Å². The zero-order valence-electron chi connectivity index (χ0n) is 9.38. The lowest BCUT2D eigenvalue weighted by atomic mass is 10.2. The summed E-state index contributed by atoms with van der Waals surface area (Å²) in [5, 5.41) is 3.23. The van der Waals surface area contributed by atoms with Crippen molar-refractivity contribution in [2.45, 2.75) is 6.42 Å². The van der Waals surface area contributed by atoms with Crippen LogP contribution in [-0.4, -0.2) is 37.0 Å². The van der Waals surface area contributed by atoms with Crippen LogP contribution in [0.2, 0.25) is 0 Å². The van der Waals surface area contributed by atoms with Gasteiger partial charge in [-0.15, -0.1) is 0 Å². The average Bonchev–Trinajstić information content (AvgIpc) is 2.55. The Morgan fingerprint density at radius 1 is 1.29 bits per heavy atom. The number of hydrogen-bond acceptors (Lipinski definition) is 2. The minimum atomic E-state index is -0.393. The van der Waals surface area contributed by atoms with E-state index in [-0.39, 0.29) is 5.91 Å². The molecule has 0 saturated carbocycles. The maximum atomic E-state index is 13.2. The van der Waals surface area contributed by atoms with Crippen molar-refractivity contribution in [3.8, 4) is 0 Å². The Balaban J connectivity index is 2.17. The SMILES string of the molecule is O=C(c1cc(F)cc(Br)c1)N1CCCNCC1. The van der Waals surface area contributed by atoms with E-state index in [4.69, 9.17) is 0 Å². The molecule has 0 bridgehead atoms. The molecule has 0 spiro atoms. The van der Waals surface area contributed by atoms with E-state index in [9.17, 15) is 9.18 Å². The van der Waals surface area contributed by atoms with Crippen LogP contribution in [0.4, 0.5) is 4.39 Å². The summed E-state index contributed by atoms with van der Waals surface area (Å²) in [5.74, 6) is -0.496. The van der Waals surface area contributed by atoms with Gasteiger partial charge in [-0.2, -0.15) is 0 Å². The molecule has 0 radical (unpaired) electrons. The highest BCUT2D eigenvalue weighted by Crippen LogP contribution is 2.16. The lowest BCUT2D eigenvalue weighted by Gasteiger charge is -2.20. The van der Waals surface area contributed by atoms with Gasteiger partial charge in [0.15, 0.2) is 0 Å². The summed E-state index contributed by atoms with van der Waals surface area (Å²) in [4.78, 5) is 13.9. The fourth-order valence-electron chi connectivity index (χ4n) is 1.91. The molecular formula is C12H14BrFN2O. The monoisotopic (exact) mass is 300 g/mol. The smallest absolute Gasteiger partial charge is 0.254 e. The van der Waals surface area contributed by atoms with Gasteiger partial charge in [-0.3, -0.25) is 4.79 Å². The molecule has 1 aromatic rings. The third kappa shape index (κ3) is 3.26. The van der Waals surface area contributed by atoms with E-state index in [0.717, 1.165) is 26.1 Å². The molecule has 0 aliphatic carbocycles. The van der Waals surface area contributed by atoms with Gasteiger partial charge < -0.3 is 10.2 Å². The molecule has 0 unspecified atom stereocenters. The zero-order chi connectivity index (χ0) is 12.3. The van der Waals surface area contributed by atoms with Gasteiger partial charge in [-0.25, -0.2) is 4.39 Å². The van der Waals surface area contributed by atoms with Crippen molar-refractivity contribution in [1.82, 2.24) is 10.2 Å². The van der Waals surface area contributed by atoms with Crippen LogP contribution in [-0.2, 0) is 0 Å². The number of carbonyl (C=O) groups excluding carboxylic acids is 1. The fourth-order valence-corrected chi connectivity index (χ4v) is 2.37. The van der Waals surface area contributed by atoms with Gasteiger partial charge in [0.1, 0.15) is 5.82 Å². The predicted molar refractivity (Wildman–Crippen MR) is 67.5 cm³/mol. The van der Waals surface area contributed by atoms with Crippen LogP contribution in [0, 0.1) is 5.82 Å². The number of nitrogens with one attached hydrogen (secondary N) is 1. The summed E-state index contributed by atoms with van der Waals surface area (Å²) in [5.41, 5.74) is 0.402. The topological polar surface area (TPSA) is 32.3 Å². The van der Waals surface area contributed by atoms with Crippen LogP contribution in [0.25, 0.3) is 0 Å². The van der Waals surface area contributed by atoms with Crippen LogP contribution < -0.4 is 5.32 Å². The average molecular weight is 301 g/mol. The molecule has 17 heavy (non-hydrogen) atoms. The van der Waals surface area contributed by atoms with E-state index in [0.29, 0.717) is 16.6 Å². The summed E-state index contributed by atoms with van der Waals surface area (Å²) in [6.45, 7) is 3.12. The highest BCUT2D eigenvalue weighted by atomic mass is 79.9. The Kier molecular flexibility index (Phi) is 4.12. The molecule has 1 saturated heterocycles. The molecule has 1 N–H and O–H groups in total. The first-order chi connectivity index (χ1) is 8.16. The van der Waals surface area contributed by atoms with Crippen LogP contribution in [0.1, 0.15) is 16.8 Å². The minimum absolute atomic E-state index is 0.103. The van der Waals surface area contributed by atoms with Gasteiger partial charge >= 0.3 is 0 Å². The van der Waals surface area contributed by atoms with Crippen LogP contribution >= 0.6 is 15.9 Å². The second-order valence-electron chi connectivity index (χ2n) is 4.05. The first-order valence-corrected chi connectivity index (χ1v) is 6.42. The highest BCUT2D eigenvalue weighted by molar-refractivity contribution is 9.10. The molecule has 0 atom stereocenters. The van der Waals surface area contributed by atoms with Crippen molar-refractivity contribution in [3.63, 3.8) is 0 Å². The van der Waals surface area contributed by atoms with Gasteiger partial charge in [-0.05, 0) is 31.2 Å². The summed E-state index contributed by atoms with van der Waals surface area (Å²) in [7, 11) is 0. The molecule has 1 aromatic carbocycles. The molecule has 1 aliphatic heterocycles. The van der Waals surface area contributed by atoms with Gasteiger partial charge in [0.25, 0.3) is 5.91 Å². The van der Waals surface area contributed by atoms with Gasteiger partial charge in [0.2, 0.25) is 0 Å². The van der Waals surface area contributed by atoms with Crippen LogP contribution in [0.3, 0.4) is 0 Å². The summed E-state index contributed by atoms with van der Waals surface area (Å²) in [6, 6.07) is 4.29. The van der Waals surface area contributed by atoms with Crippen molar-refractivity contribution in [2.24, 2.45) is 0 Å². The van der Waals surface area contributed by atoms with Crippen molar-refractivity contribution in [3.05, 3.63) is 34.1 Å². The maximum absolute atomic E-state index is 13.2. The number of hydrogen-bond donors (Lipinski definition) is 1. The summed E-state index contributed by atoms with van der Waals surface area (Å²) < 4.78 is 13.8.